The van der Waals surface area contributed by atoms with Gasteiger partial charge in [0.05, 0.1) is 0 Å². The van der Waals surface area contributed by atoms with Crippen LogP contribution in [0.2, 0.25) is 0 Å². The average molecular weight is 278 g/mol. The first-order chi connectivity index (χ1) is 9.51. The Balaban J connectivity index is 2.00. The van der Waals surface area contributed by atoms with E-state index in [0.717, 1.165) is 30.8 Å². The van der Waals surface area contributed by atoms with E-state index >= 15 is 0 Å². The Morgan fingerprint density at radius 3 is 2.50 bits per heavy atom. The molecule has 1 N–H and O–H groups in total. The summed E-state index contributed by atoms with van der Waals surface area (Å²) in [6.07, 6.45) is 2.41. The smallest absolute Gasteiger partial charge is 0.129 e. The van der Waals surface area contributed by atoms with Crippen molar-refractivity contribution in [3.05, 3.63) is 34.6 Å². The maximum Gasteiger partial charge on any atom is 0.129 e. The summed E-state index contributed by atoms with van der Waals surface area (Å²) < 4.78 is 13.7. The summed E-state index contributed by atoms with van der Waals surface area (Å²) in [5.41, 5.74) is 2.75. The molecule has 1 saturated heterocycles. The van der Waals surface area contributed by atoms with Crippen LogP contribution in [0, 0.1) is 19.7 Å². The lowest BCUT2D eigenvalue weighted by Crippen LogP contribution is -2.46. The Labute approximate surface area is 122 Å². The number of hydrogen-bond acceptors (Lipinski definition) is 2. The lowest BCUT2D eigenvalue weighted by Gasteiger charge is -2.38. The van der Waals surface area contributed by atoms with Crippen molar-refractivity contribution < 1.29 is 4.39 Å². The van der Waals surface area contributed by atoms with Crippen LogP contribution < -0.4 is 5.32 Å². The van der Waals surface area contributed by atoms with Gasteiger partial charge in [0.25, 0.3) is 0 Å². The molecule has 2 unspecified atom stereocenters. The largest absolute Gasteiger partial charge is 0.314 e. The summed E-state index contributed by atoms with van der Waals surface area (Å²) in [7, 11) is 0. The number of aryl methyl sites for hydroxylation is 2. The SMILES string of the molecule is CCNC1CCN(Cc2cc(C)c(F)c(C)c2)C(C)C1. The van der Waals surface area contributed by atoms with E-state index in [4.69, 9.17) is 0 Å². The van der Waals surface area contributed by atoms with E-state index in [0.29, 0.717) is 12.1 Å². The molecule has 2 atom stereocenters. The van der Waals surface area contributed by atoms with Gasteiger partial charge in [-0.1, -0.05) is 19.1 Å². The van der Waals surface area contributed by atoms with Gasteiger partial charge >= 0.3 is 0 Å². The van der Waals surface area contributed by atoms with Crippen LogP contribution in [0.1, 0.15) is 43.4 Å². The molecule has 1 fully saturated rings. The van der Waals surface area contributed by atoms with Crippen LogP contribution >= 0.6 is 0 Å². The van der Waals surface area contributed by atoms with Crippen LogP contribution in [0.25, 0.3) is 0 Å². The van der Waals surface area contributed by atoms with E-state index in [1.54, 1.807) is 0 Å². The molecule has 0 aliphatic carbocycles. The van der Waals surface area contributed by atoms with Crippen molar-refractivity contribution in [2.45, 2.75) is 59.2 Å². The summed E-state index contributed by atoms with van der Waals surface area (Å²) in [5.74, 6) is -0.0624. The van der Waals surface area contributed by atoms with Crippen LogP contribution in [0.3, 0.4) is 0 Å². The molecule has 2 rings (SSSR count). The van der Waals surface area contributed by atoms with Gasteiger partial charge in [-0.3, -0.25) is 4.90 Å². The minimum absolute atomic E-state index is 0.0624. The second-order valence-corrected chi connectivity index (χ2v) is 6.14. The van der Waals surface area contributed by atoms with Gasteiger partial charge in [-0.05, 0) is 56.8 Å². The van der Waals surface area contributed by atoms with Crippen LogP contribution in [0.5, 0.6) is 0 Å². The lowest BCUT2D eigenvalue weighted by atomic mass is 9.97. The number of nitrogens with one attached hydrogen (secondary N) is 1. The molecule has 20 heavy (non-hydrogen) atoms. The van der Waals surface area contributed by atoms with Crippen LogP contribution in [-0.2, 0) is 6.54 Å². The molecule has 0 saturated carbocycles. The zero-order chi connectivity index (χ0) is 14.7. The quantitative estimate of drug-likeness (QED) is 0.908. The fraction of sp³-hybridized carbons (Fsp3) is 0.647. The molecular weight excluding hydrogens is 251 g/mol. The zero-order valence-corrected chi connectivity index (χ0v) is 13.2. The number of nitrogens with zero attached hydrogens (tertiary/aromatic N) is 1. The molecule has 3 heteroatoms. The predicted octanol–water partition coefficient (Wildman–Crippen LogP) is 3.40. The Morgan fingerprint density at radius 2 is 1.95 bits per heavy atom. The van der Waals surface area contributed by atoms with Crippen molar-refractivity contribution in [1.29, 1.82) is 0 Å². The molecule has 1 aromatic carbocycles. The highest BCUT2D eigenvalue weighted by atomic mass is 19.1. The summed E-state index contributed by atoms with van der Waals surface area (Å²) in [4.78, 5) is 2.51. The Kier molecular flexibility index (Phi) is 5.17. The number of halogens is 1. The molecule has 1 heterocycles. The normalized spacial score (nSPS) is 24.1. The Hall–Kier alpha value is -0.930. The summed E-state index contributed by atoms with van der Waals surface area (Å²) in [6, 6.07) is 5.22. The molecule has 112 valence electrons. The fourth-order valence-corrected chi connectivity index (χ4v) is 3.29. The third-order valence-electron chi connectivity index (χ3n) is 4.39. The van der Waals surface area contributed by atoms with Crippen LogP contribution in [0.4, 0.5) is 4.39 Å². The van der Waals surface area contributed by atoms with E-state index < -0.39 is 0 Å². The molecule has 0 spiro atoms. The van der Waals surface area contributed by atoms with Gasteiger partial charge in [0.15, 0.2) is 0 Å². The maximum absolute atomic E-state index is 13.7. The number of likely N-dealkylation sites (tertiary alicyclic amines) is 1. The van der Waals surface area contributed by atoms with Crippen molar-refractivity contribution in [1.82, 2.24) is 10.2 Å². The molecular formula is C17H27FN2. The lowest BCUT2D eigenvalue weighted by molar-refractivity contribution is 0.129. The van der Waals surface area contributed by atoms with Gasteiger partial charge in [-0.2, -0.15) is 0 Å². The number of benzene rings is 1. The average Bonchev–Trinajstić information content (AvgIpc) is 2.39. The van der Waals surface area contributed by atoms with Crippen molar-refractivity contribution in [2.75, 3.05) is 13.1 Å². The first-order valence-corrected chi connectivity index (χ1v) is 7.74. The van der Waals surface area contributed by atoms with Gasteiger partial charge in [0.1, 0.15) is 5.82 Å². The zero-order valence-electron chi connectivity index (χ0n) is 13.2. The molecule has 1 aromatic rings. The topological polar surface area (TPSA) is 15.3 Å². The number of rotatable bonds is 4. The van der Waals surface area contributed by atoms with Crippen LogP contribution in [-0.4, -0.2) is 30.1 Å². The minimum atomic E-state index is -0.0624. The van der Waals surface area contributed by atoms with Crippen molar-refractivity contribution in [3.8, 4) is 0 Å². The first-order valence-electron chi connectivity index (χ1n) is 7.74. The Morgan fingerprint density at radius 1 is 1.30 bits per heavy atom. The fourth-order valence-electron chi connectivity index (χ4n) is 3.29. The van der Waals surface area contributed by atoms with E-state index in [1.165, 1.54) is 18.4 Å². The van der Waals surface area contributed by atoms with Crippen molar-refractivity contribution in [3.63, 3.8) is 0 Å². The van der Waals surface area contributed by atoms with Gasteiger partial charge < -0.3 is 5.32 Å². The second-order valence-electron chi connectivity index (χ2n) is 6.14. The van der Waals surface area contributed by atoms with E-state index in [-0.39, 0.29) is 5.82 Å². The van der Waals surface area contributed by atoms with E-state index in [9.17, 15) is 4.39 Å². The third-order valence-corrected chi connectivity index (χ3v) is 4.39. The number of piperidine rings is 1. The summed E-state index contributed by atoms with van der Waals surface area (Å²) >= 11 is 0. The molecule has 0 amide bonds. The summed E-state index contributed by atoms with van der Waals surface area (Å²) in [5, 5.41) is 3.55. The first kappa shape index (κ1) is 15.5. The number of hydrogen-bond donors (Lipinski definition) is 1. The molecule has 0 aromatic heterocycles. The van der Waals surface area contributed by atoms with Gasteiger partial charge in [0.2, 0.25) is 0 Å². The second kappa shape index (κ2) is 6.68. The molecule has 1 aliphatic heterocycles. The standard InChI is InChI=1S/C17H27FN2/c1-5-19-16-6-7-20(14(4)10-16)11-15-8-12(2)17(18)13(3)9-15/h8-9,14,16,19H,5-7,10-11H2,1-4H3. The molecule has 2 nitrogen and oxygen atoms in total. The van der Waals surface area contributed by atoms with E-state index in [2.05, 4.69) is 24.1 Å². The third kappa shape index (κ3) is 3.58. The van der Waals surface area contributed by atoms with Gasteiger partial charge in [-0.25, -0.2) is 4.39 Å². The highest BCUT2D eigenvalue weighted by molar-refractivity contribution is 5.30. The molecule has 1 aliphatic rings. The molecule has 0 bridgehead atoms. The monoisotopic (exact) mass is 278 g/mol. The van der Waals surface area contributed by atoms with Crippen LogP contribution in [0.15, 0.2) is 12.1 Å². The van der Waals surface area contributed by atoms with Gasteiger partial charge in [0, 0.05) is 25.2 Å². The highest BCUT2D eigenvalue weighted by Gasteiger charge is 2.24. The van der Waals surface area contributed by atoms with Crippen molar-refractivity contribution in [2.24, 2.45) is 0 Å². The molecule has 0 radical (unpaired) electrons. The summed E-state index contributed by atoms with van der Waals surface area (Å²) in [6.45, 7) is 11.3. The van der Waals surface area contributed by atoms with E-state index in [1.807, 2.05) is 26.0 Å². The Bertz CT molecular complexity index is 435. The maximum atomic E-state index is 13.7. The van der Waals surface area contributed by atoms with Gasteiger partial charge in [-0.15, -0.1) is 0 Å². The highest BCUT2D eigenvalue weighted by Crippen LogP contribution is 2.22. The van der Waals surface area contributed by atoms with Crippen molar-refractivity contribution >= 4 is 0 Å². The minimum Gasteiger partial charge on any atom is -0.314 e. The predicted molar refractivity (Wildman–Crippen MR) is 82.4 cm³/mol.